The molecule has 0 fully saturated rings. The third-order valence-corrected chi connectivity index (χ3v) is 6.99. The van der Waals surface area contributed by atoms with Crippen LogP contribution >= 0.6 is 0 Å². The predicted octanol–water partition coefficient (Wildman–Crippen LogP) is 4.39. The van der Waals surface area contributed by atoms with E-state index in [-0.39, 0.29) is 40.2 Å². The Balaban J connectivity index is 1.64. The number of halogens is 4. The van der Waals surface area contributed by atoms with Gasteiger partial charge in [0, 0.05) is 17.4 Å². The highest BCUT2D eigenvalue weighted by molar-refractivity contribution is 7.86. The molecule has 3 aromatic carbocycles. The maximum Gasteiger partial charge on any atom is 0.333 e. The van der Waals surface area contributed by atoms with Crippen LogP contribution in [-0.2, 0) is 23.9 Å². The minimum Gasteiger partial charge on any atom is -0.462 e. The summed E-state index contributed by atoms with van der Waals surface area (Å²) < 4.78 is 93.9. The highest BCUT2D eigenvalue weighted by atomic mass is 32.2. The maximum absolute atomic E-state index is 14.9. The Morgan fingerprint density at radius 3 is 1.93 bits per heavy atom. The summed E-state index contributed by atoms with van der Waals surface area (Å²) in [5.41, 5.74) is -2.04. The zero-order valence-electron chi connectivity index (χ0n) is 20.4. The fraction of sp³-hybridized carbons (Fsp3) is 0.154. The van der Waals surface area contributed by atoms with E-state index in [9.17, 15) is 45.2 Å². The molecule has 9 nitrogen and oxygen atoms in total. The molecule has 0 saturated carbocycles. The van der Waals surface area contributed by atoms with E-state index in [0.717, 1.165) is 0 Å². The fourth-order valence-corrected chi connectivity index (χ4v) is 4.96. The number of Topliss-reactive ketones (excluding diaryl/α,β-unsaturated/α-hetero) is 1. The minimum atomic E-state index is -5.91. The van der Waals surface area contributed by atoms with Gasteiger partial charge in [-0.2, -0.15) is 8.42 Å². The number of carbonyl (C=O) groups excluding carboxylic acids is 4. The van der Waals surface area contributed by atoms with Crippen LogP contribution in [0.15, 0.2) is 53.4 Å². The van der Waals surface area contributed by atoms with Gasteiger partial charge < -0.3 is 4.74 Å². The van der Waals surface area contributed by atoms with Crippen molar-refractivity contribution in [3.05, 3.63) is 88.5 Å². The topological polar surface area (TPSA) is 124 Å². The zero-order chi connectivity index (χ0) is 29.5. The van der Waals surface area contributed by atoms with Crippen LogP contribution in [0.2, 0.25) is 0 Å². The molecule has 14 heteroatoms. The van der Waals surface area contributed by atoms with Gasteiger partial charge in [-0.05, 0) is 30.9 Å². The molecule has 0 aromatic heterocycles. The van der Waals surface area contributed by atoms with E-state index in [0.29, 0.717) is 5.39 Å². The Morgan fingerprint density at radius 1 is 0.900 bits per heavy atom. The first kappa shape index (κ1) is 28.6. The van der Waals surface area contributed by atoms with Crippen LogP contribution in [0.1, 0.15) is 50.8 Å². The molecule has 0 bridgehead atoms. The molecule has 3 aromatic rings. The third-order valence-electron chi connectivity index (χ3n) is 5.79. The largest absolute Gasteiger partial charge is 0.462 e. The highest BCUT2D eigenvalue weighted by Gasteiger charge is 2.42. The number of hydrogen-bond acceptors (Lipinski definition) is 8. The van der Waals surface area contributed by atoms with Crippen molar-refractivity contribution in [3.63, 3.8) is 0 Å². The predicted molar refractivity (Wildman–Crippen MR) is 128 cm³/mol. The van der Waals surface area contributed by atoms with Gasteiger partial charge in [0.15, 0.2) is 33.9 Å². The van der Waals surface area contributed by atoms with E-state index in [1.807, 2.05) is 0 Å². The van der Waals surface area contributed by atoms with Crippen LogP contribution in [0.4, 0.5) is 17.6 Å². The number of ketones is 1. The minimum absolute atomic E-state index is 0.0424. The average molecular weight is 579 g/mol. The van der Waals surface area contributed by atoms with E-state index < -0.39 is 73.8 Å². The first-order valence-corrected chi connectivity index (χ1v) is 12.8. The van der Waals surface area contributed by atoms with Crippen molar-refractivity contribution in [1.82, 2.24) is 5.06 Å². The summed E-state index contributed by atoms with van der Waals surface area (Å²) >= 11 is 0. The van der Waals surface area contributed by atoms with Crippen LogP contribution in [0.25, 0.3) is 10.8 Å². The first-order valence-electron chi connectivity index (χ1n) is 11.3. The lowest BCUT2D eigenvalue weighted by Gasteiger charge is -2.25. The van der Waals surface area contributed by atoms with E-state index in [4.69, 9.17) is 4.74 Å². The van der Waals surface area contributed by atoms with Gasteiger partial charge in [0.05, 0.1) is 23.3 Å². The Labute approximate surface area is 223 Å². The second-order valence-electron chi connectivity index (χ2n) is 8.55. The number of ether oxygens (including phenoxy) is 1. The van der Waals surface area contributed by atoms with Crippen molar-refractivity contribution in [2.75, 3.05) is 6.61 Å². The van der Waals surface area contributed by atoms with Crippen molar-refractivity contribution in [2.24, 2.45) is 0 Å². The van der Waals surface area contributed by atoms with E-state index in [1.165, 1.54) is 31.2 Å². The molecule has 0 unspecified atom stereocenters. The van der Waals surface area contributed by atoms with Crippen molar-refractivity contribution in [3.8, 4) is 0 Å². The number of imide groups is 1. The Kier molecular flexibility index (Phi) is 7.59. The molecule has 2 amide bonds. The van der Waals surface area contributed by atoms with Gasteiger partial charge in [-0.25, -0.2) is 22.4 Å². The lowest BCUT2D eigenvalue weighted by molar-refractivity contribution is -0.139. The van der Waals surface area contributed by atoms with Crippen molar-refractivity contribution in [2.45, 2.75) is 24.7 Å². The van der Waals surface area contributed by atoms with Crippen LogP contribution in [0, 0.1) is 23.3 Å². The molecule has 0 atom stereocenters. The van der Waals surface area contributed by atoms with Crippen LogP contribution in [0.5, 0.6) is 0 Å². The molecule has 4 rings (SSSR count). The summed E-state index contributed by atoms with van der Waals surface area (Å²) in [6.07, 6.45) is -1.03. The summed E-state index contributed by atoms with van der Waals surface area (Å²) in [5.74, 6) is -14.6. The lowest BCUT2D eigenvalue weighted by Crippen LogP contribution is -2.42. The number of benzene rings is 3. The van der Waals surface area contributed by atoms with E-state index in [1.54, 1.807) is 12.1 Å². The Hall–Kier alpha value is -4.43. The third kappa shape index (κ3) is 4.86. The van der Waals surface area contributed by atoms with Crippen molar-refractivity contribution in [1.29, 1.82) is 0 Å². The van der Waals surface area contributed by atoms with Crippen LogP contribution < -0.4 is 0 Å². The van der Waals surface area contributed by atoms with Gasteiger partial charge in [-0.15, -0.1) is 9.35 Å². The number of hydroxylamine groups is 2. The lowest BCUT2D eigenvalue weighted by atomic mass is 9.95. The molecule has 0 radical (unpaired) electrons. The van der Waals surface area contributed by atoms with Gasteiger partial charge >= 0.3 is 16.1 Å². The Morgan fingerprint density at radius 2 is 1.43 bits per heavy atom. The second-order valence-corrected chi connectivity index (χ2v) is 10.0. The summed E-state index contributed by atoms with van der Waals surface area (Å²) in [6.45, 7) is 4.29. The molecule has 1 aliphatic heterocycles. The van der Waals surface area contributed by atoms with Crippen molar-refractivity contribution < 1.29 is 54.2 Å². The second kappa shape index (κ2) is 10.6. The summed E-state index contributed by atoms with van der Waals surface area (Å²) in [4.78, 5) is 47.1. The van der Waals surface area contributed by atoms with Gasteiger partial charge in [-0.3, -0.25) is 14.4 Å². The SMILES string of the molecule is C=C(C)C(=O)OCCCC(=O)c1c(F)c(F)c(S(=O)(=O)ON2C(=O)c3cccc4cccc(c34)C2=O)c(F)c1F. The summed E-state index contributed by atoms with van der Waals surface area (Å²) in [5, 5.41) is 0.325. The smallest absolute Gasteiger partial charge is 0.333 e. The number of amides is 2. The van der Waals surface area contributed by atoms with Crippen LogP contribution in [0.3, 0.4) is 0 Å². The molecule has 1 heterocycles. The van der Waals surface area contributed by atoms with E-state index in [2.05, 4.69) is 10.9 Å². The molecular weight excluding hydrogens is 562 g/mol. The number of nitrogens with zero attached hydrogens (tertiary/aromatic N) is 1. The molecule has 0 spiro atoms. The molecule has 208 valence electrons. The highest BCUT2D eigenvalue weighted by Crippen LogP contribution is 2.34. The quantitative estimate of drug-likeness (QED) is 0.0696. The number of esters is 1. The standard InChI is InChI=1S/C26H17F4NO8S/c1-12(2)26(35)38-11-5-10-16(32)18-19(27)21(29)23(22(30)20(18)28)40(36,37)39-31-24(33)14-8-3-6-13-7-4-9-15(17(13)14)25(31)34/h3-4,6-9H,1,5,10-11H2,2H3. The average Bonchev–Trinajstić information content (AvgIpc) is 2.90. The van der Waals surface area contributed by atoms with Crippen LogP contribution in [-0.4, -0.2) is 43.7 Å². The van der Waals surface area contributed by atoms with Gasteiger partial charge in [0.2, 0.25) is 0 Å². The van der Waals surface area contributed by atoms with Gasteiger partial charge in [0.25, 0.3) is 11.8 Å². The normalized spacial score (nSPS) is 13.1. The number of hydrogen-bond donors (Lipinski definition) is 0. The molecular formula is C26H17F4NO8S. The monoisotopic (exact) mass is 579 g/mol. The summed E-state index contributed by atoms with van der Waals surface area (Å²) in [7, 11) is -5.91. The molecule has 0 aliphatic carbocycles. The van der Waals surface area contributed by atoms with Gasteiger partial charge in [-0.1, -0.05) is 30.8 Å². The Bertz CT molecular complexity index is 1670. The van der Waals surface area contributed by atoms with E-state index >= 15 is 0 Å². The molecule has 40 heavy (non-hydrogen) atoms. The van der Waals surface area contributed by atoms with Crippen molar-refractivity contribution >= 4 is 44.5 Å². The maximum atomic E-state index is 14.9. The first-order chi connectivity index (χ1) is 18.8. The molecule has 0 N–H and O–H groups in total. The molecule has 1 aliphatic rings. The fourth-order valence-electron chi connectivity index (χ4n) is 3.93. The zero-order valence-corrected chi connectivity index (χ0v) is 21.2. The molecule has 0 saturated heterocycles. The van der Waals surface area contributed by atoms with Gasteiger partial charge in [0.1, 0.15) is 0 Å². The number of carbonyl (C=O) groups is 4. The number of rotatable bonds is 9. The summed E-state index contributed by atoms with van der Waals surface area (Å²) in [6, 6.07) is 8.47.